The van der Waals surface area contributed by atoms with Crippen LogP contribution in [-0.2, 0) is 16.2 Å². The van der Waals surface area contributed by atoms with Crippen molar-refractivity contribution >= 4 is 0 Å². The molecule has 2 aliphatic carbocycles. The number of aromatic hydroxyl groups is 4. The van der Waals surface area contributed by atoms with E-state index < -0.39 is 5.41 Å². The number of phenolic OH excluding ortho intramolecular Hbond substituents is 4. The molecule has 2 aromatic rings. The summed E-state index contributed by atoms with van der Waals surface area (Å²) >= 11 is 0. The minimum Gasteiger partial charge on any atom is -0.504 e. The van der Waals surface area contributed by atoms with Crippen molar-refractivity contribution in [1.82, 2.24) is 0 Å². The van der Waals surface area contributed by atoms with Crippen LogP contribution >= 0.6 is 0 Å². The monoisotopic (exact) mass is 382 g/mol. The Kier molecular flexibility index (Phi) is 3.79. The Hall–Kier alpha value is -2.36. The Morgan fingerprint density at radius 1 is 0.821 bits per heavy atom. The third-order valence-corrected chi connectivity index (χ3v) is 8.34. The fraction of sp³-hybridized carbons (Fsp3) is 0.500. The molecule has 4 nitrogen and oxygen atoms in total. The summed E-state index contributed by atoms with van der Waals surface area (Å²) in [6.07, 6.45) is 2.48. The third kappa shape index (κ3) is 1.91. The molecular weight excluding hydrogens is 352 g/mol. The van der Waals surface area contributed by atoms with Crippen molar-refractivity contribution in [2.24, 2.45) is 5.92 Å². The molecule has 2 aromatic carbocycles. The maximum absolute atomic E-state index is 11.0. The molecule has 0 heterocycles. The zero-order valence-corrected chi connectivity index (χ0v) is 17.3. The average molecular weight is 383 g/mol. The maximum Gasteiger partial charge on any atom is 0.161 e. The molecule has 0 aromatic heterocycles. The highest BCUT2D eigenvalue weighted by molar-refractivity contribution is 5.70. The van der Waals surface area contributed by atoms with Gasteiger partial charge in [0.15, 0.2) is 23.0 Å². The van der Waals surface area contributed by atoms with Gasteiger partial charge < -0.3 is 20.4 Å². The molecule has 4 rings (SSSR count). The van der Waals surface area contributed by atoms with Gasteiger partial charge in [-0.15, -0.1) is 0 Å². The van der Waals surface area contributed by atoms with Gasteiger partial charge in [-0.2, -0.15) is 0 Å². The van der Waals surface area contributed by atoms with Crippen molar-refractivity contribution in [1.29, 1.82) is 0 Å². The Balaban J connectivity index is 2.17. The normalized spacial score (nSPS) is 33.2. The number of phenols is 4. The topological polar surface area (TPSA) is 80.9 Å². The van der Waals surface area contributed by atoms with E-state index in [0.717, 1.165) is 41.5 Å². The molecule has 0 saturated carbocycles. The Labute approximate surface area is 166 Å². The Morgan fingerprint density at radius 3 is 1.89 bits per heavy atom. The molecule has 1 spiro atoms. The van der Waals surface area contributed by atoms with Crippen molar-refractivity contribution < 1.29 is 20.4 Å². The van der Waals surface area contributed by atoms with Gasteiger partial charge in [0, 0.05) is 22.0 Å². The molecule has 0 fully saturated rings. The molecule has 4 atom stereocenters. The fourth-order valence-corrected chi connectivity index (χ4v) is 6.26. The summed E-state index contributed by atoms with van der Waals surface area (Å²) < 4.78 is 0. The van der Waals surface area contributed by atoms with Crippen LogP contribution in [0, 0.1) is 5.92 Å². The van der Waals surface area contributed by atoms with Gasteiger partial charge in [0.25, 0.3) is 0 Å². The molecule has 4 unspecified atom stereocenters. The summed E-state index contributed by atoms with van der Waals surface area (Å²) in [5.41, 5.74) is 2.53. The second kappa shape index (κ2) is 5.59. The lowest BCUT2D eigenvalue weighted by Crippen LogP contribution is -2.38. The van der Waals surface area contributed by atoms with Gasteiger partial charge in [0.1, 0.15) is 0 Å². The number of benzene rings is 2. The van der Waals surface area contributed by atoms with Gasteiger partial charge in [-0.1, -0.05) is 46.8 Å². The Bertz CT molecular complexity index is 981. The highest BCUT2D eigenvalue weighted by Crippen LogP contribution is 2.70. The van der Waals surface area contributed by atoms with Gasteiger partial charge in [-0.25, -0.2) is 0 Å². The zero-order valence-electron chi connectivity index (χ0n) is 17.3. The van der Waals surface area contributed by atoms with Crippen LogP contribution in [0.4, 0.5) is 0 Å². The molecule has 0 saturated heterocycles. The number of hydrogen-bond acceptors (Lipinski definition) is 4. The predicted octanol–water partition coefficient (Wildman–Crippen LogP) is 5.18. The second-order valence-electron chi connectivity index (χ2n) is 9.27. The largest absolute Gasteiger partial charge is 0.504 e. The minimum absolute atomic E-state index is 0.0552. The number of hydrogen-bond donors (Lipinski definition) is 4. The third-order valence-electron chi connectivity index (χ3n) is 8.34. The first kappa shape index (κ1) is 19.0. The lowest BCUT2D eigenvalue weighted by molar-refractivity contribution is 0.211. The predicted molar refractivity (Wildman–Crippen MR) is 109 cm³/mol. The summed E-state index contributed by atoms with van der Waals surface area (Å²) in [6.45, 7) is 10.8. The molecule has 28 heavy (non-hydrogen) atoms. The number of fused-ring (bicyclic) bond motifs is 4. The van der Waals surface area contributed by atoms with Crippen LogP contribution in [0.5, 0.6) is 23.0 Å². The molecular formula is C24H30O4. The van der Waals surface area contributed by atoms with E-state index in [2.05, 4.69) is 34.6 Å². The summed E-state index contributed by atoms with van der Waals surface area (Å²) in [5, 5.41) is 42.4. The van der Waals surface area contributed by atoms with Crippen molar-refractivity contribution in [2.45, 2.75) is 70.1 Å². The zero-order chi connectivity index (χ0) is 20.6. The second-order valence-corrected chi connectivity index (χ2v) is 9.27. The molecule has 4 heteroatoms. The van der Waals surface area contributed by atoms with E-state index in [0.29, 0.717) is 0 Å². The molecule has 0 amide bonds. The van der Waals surface area contributed by atoms with E-state index in [1.807, 2.05) is 12.1 Å². The van der Waals surface area contributed by atoms with Gasteiger partial charge in [0.2, 0.25) is 0 Å². The molecule has 0 radical (unpaired) electrons. The van der Waals surface area contributed by atoms with Crippen LogP contribution in [0.1, 0.15) is 76.1 Å². The van der Waals surface area contributed by atoms with E-state index >= 15 is 0 Å². The van der Waals surface area contributed by atoms with E-state index in [4.69, 9.17) is 0 Å². The summed E-state index contributed by atoms with van der Waals surface area (Å²) in [6, 6.07) is 6.97. The summed E-state index contributed by atoms with van der Waals surface area (Å²) in [7, 11) is 0. The van der Waals surface area contributed by atoms with Crippen LogP contribution in [-0.4, -0.2) is 20.4 Å². The number of rotatable bonds is 2. The van der Waals surface area contributed by atoms with E-state index in [1.54, 1.807) is 12.1 Å². The lowest BCUT2D eigenvalue weighted by atomic mass is 9.63. The summed E-state index contributed by atoms with van der Waals surface area (Å²) in [4.78, 5) is 0. The molecule has 150 valence electrons. The van der Waals surface area contributed by atoms with Crippen molar-refractivity contribution in [2.75, 3.05) is 0 Å². The molecule has 0 aliphatic heterocycles. The lowest BCUT2D eigenvalue weighted by Gasteiger charge is -2.39. The van der Waals surface area contributed by atoms with Gasteiger partial charge in [-0.05, 0) is 53.9 Å². The van der Waals surface area contributed by atoms with E-state index in [9.17, 15) is 20.4 Å². The van der Waals surface area contributed by atoms with Crippen LogP contribution in [0.3, 0.4) is 0 Å². The fourth-order valence-electron chi connectivity index (χ4n) is 6.26. The van der Waals surface area contributed by atoms with Crippen LogP contribution in [0.2, 0.25) is 0 Å². The van der Waals surface area contributed by atoms with Crippen LogP contribution in [0.15, 0.2) is 24.3 Å². The van der Waals surface area contributed by atoms with Crippen LogP contribution in [0.25, 0.3) is 0 Å². The van der Waals surface area contributed by atoms with E-state index in [-0.39, 0.29) is 39.7 Å². The van der Waals surface area contributed by atoms with Crippen molar-refractivity contribution in [3.63, 3.8) is 0 Å². The maximum atomic E-state index is 11.0. The first-order chi connectivity index (χ1) is 13.1. The van der Waals surface area contributed by atoms with Crippen molar-refractivity contribution in [3.8, 4) is 23.0 Å². The van der Waals surface area contributed by atoms with Crippen LogP contribution < -0.4 is 0 Å². The minimum atomic E-state index is -0.534. The van der Waals surface area contributed by atoms with Crippen molar-refractivity contribution in [3.05, 3.63) is 46.5 Å². The smallest absolute Gasteiger partial charge is 0.161 e. The molecule has 2 aliphatic rings. The van der Waals surface area contributed by atoms with E-state index in [1.165, 1.54) is 0 Å². The molecule has 4 N–H and O–H groups in total. The first-order valence-corrected chi connectivity index (χ1v) is 10.2. The standard InChI is InChI=1S/C24H30O4/c1-6-22(4)12-24(19-14(22)8-10-17(26)21(19)28)13(3)23(5,7-2)18-15(24)9-11-16(25)20(18)27/h8-11,13,25-28H,6-7,12H2,1-5H3. The summed E-state index contributed by atoms with van der Waals surface area (Å²) in [5.74, 6) is -0.274. The Morgan fingerprint density at radius 2 is 1.36 bits per heavy atom. The van der Waals surface area contributed by atoms with Gasteiger partial charge in [0.05, 0.1) is 0 Å². The average Bonchev–Trinajstić information content (AvgIpc) is 3.05. The first-order valence-electron chi connectivity index (χ1n) is 10.2. The highest BCUT2D eigenvalue weighted by atomic mass is 16.3. The SMILES string of the molecule is CCC1(C)CC2(c3ccc(O)c(O)c3C(C)(CC)C2C)c2c1ccc(O)c2O. The highest BCUT2D eigenvalue weighted by Gasteiger charge is 2.64. The molecule has 0 bridgehead atoms. The quantitative estimate of drug-likeness (QED) is 0.539. The van der Waals surface area contributed by atoms with Gasteiger partial charge in [-0.3, -0.25) is 0 Å². The van der Waals surface area contributed by atoms with Gasteiger partial charge >= 0.3 is 0 Å².